The highest BCUT2D eigenvalue weighted by molar-refractivity contribution is 7.22. The van der Waals surface area contributed by atoms with Crippen LogP contribution in [-0.4, -0.2) is 69.5 Å². The van der Waals surface area contributed by atoms with Crippen molar-refractivity contribution in [2.24, 2.45) is 5.92 Å². The number of rotatable bonds is 13. The molecule has 312 valence electrons. The lowest BCUT2D eigenvalue weighted by Crippen LogP contribution is -2.48. The Morgan fingerprint density at radius 1 is 0.825 bits per heavy atom. The summed E-state index contributed by atoms with van der Waals surface area (Å²) >= 11 is 1.59. The van der Waals surface area contributed by atoms with Gasteiger partial charge in [-0.2, -0.15) is 0 Å². The van der Waals surface area contributed by atoms with E-state index >= 15 is 0 Å². The van der Waals surface area contributed by atoms with E-state index < -0.39 is 5.60 Å². The van der Waals surface area contributed by atoms with E-state index in [1.165, 1.54) is 0 Å². The fourth-order valence-electron chi connectivity index (χ4n) is 7.81. The highest BCUT2D eigenvalue weighted by Gasteiger charge is 2.37. The molecule has 10 rings (SSSR count). The number of pyridine rings is 1. The molecule has 5 aromatic heterocycles. The number of H-pyrrole nitrogens is 1. The van der Waals surface area contributed by atoms with E-state index in [2.05, 4.69) is 46.2 Å². The number of piperidine rings is 1. The molecule has 0 saturated carbocycles. The lowest BCUT2D eigenvalue weighted by atomic mass is 9.80. The molecule has 1 aliphatic rings. The van der Waals surface area contributed by atoms with Crippen molar-refractivity contribution < 1.29 is 19.4 Å². The Balaban J connectivity index is 0.830. The SMILES string of the molecule is CC(O)(Cc1cnc(-c2cccnc2)c(Oc2ccc(Nc3nc4ccccc4s3)cc2)n1)C1CCCN(c2nccnc2Oc2ccc(C(=O)c3nc4ccccc4[nH]3)cc2)C1. The number of hydrogen-bond acceptors (Lipinski definition) is 14. The number of aromatic amines is 1. The van der Waals surface area contributed by atoms with Gasteiger partial charge in [0.15, 0.2) is 16.8 Å². The molecule has 2 atom stereocenters. The monoisotopic (exact) mass is 852 g/mol. The summed E-state index contributed by atoms with van der Waals surface area (Å²) in [4.78, 5) is 50.8. The number of anilines is 3. The molecule has 0 spiro atoms. The Hall–Kier alpha value is -7.62. The molecule has 1 saturated heterocycles. The number of nitrogens with one attached hydrogen (secondary N) is 2. The van der Waals surface area contributed by atoms with Crippen LogP contribution in [0.5, 0.6) is 23.3 Å². The Morgan fingerprint density at radius 2 is 1.59 bits per heavy atom. The van der Waals surface area contributed by atoms with Crippen LogP contribution >= 0.6 is 11.3 Å². The summed E-state index contributed by atoms with van der Waals surface area (Å²) in [7, 11) is 0. The Kier molecular flexibility index (Phi) is 10.7. The summed E-state index contributed by atoms with van der Waals surface area (Å²) < 4.78 is 13.8. The molecule has 3 N–H and O–H groups in total. The van der Waals surface area contributed by atoms with Crippen molar-refractivity contribution in [2.75, 3.05) is 23.3 Å². The first kappa shape index (κ1) is 39.5. The van der Waals surface area contributed by atoms with E-state index in [1.54, 1.807) is 66.6 Å². The van der Waals surface area contributed by atoms with Crippen LogP contribution in [0.1, 0.15) is 41.6 Å². The van der Waals surface area contributed by atoms with Crippen LogP contribution in [0.25, 0.3) is 32.5 Å². The molecule has 9 aromatic rings. The number of carbonyl (C=O) groups is 1. The van der Waals surface area contributed by atoms with Gasteiger partial charge in [-0.05, 0) is 105 Å². The summed E-state index contributed by atoms with van der Waals surface area (Å²) in [6, 6.07) is 33.8. The van der Waals surface area contributed by atoms with E-state index in [9.17, 15) is 9.90 Å². The minimum Gasteiger partial charge on any atom is -0.437 e. The fraction of sp³-hybridized carbons (Fsp3) is 0.167. The molecule has 1 aliphatic heterocycles. The van der Waals surface area contributed by atoms with E-state index in [0.29, 0.717) is 59.1 Å². The second-order valence-electron chi connectivity index (χ2n) is 15.6. The van der Waals surface area contributed by atoms with E-state index in [1.807, 2.05) is 85.8 Å². The van der Waals surface area contributed by atoms with Crippen LogP contribution in [0, 0.1) is 5.92 Å². The first-order chi connectivity index (χ1) is 30.8. The van der Waals surface area contributed by atoms with Gasteiger partial charge in [0.1, 0.15) is 17.2 Å². The maximum Gasteiger partial charge on any atom is 0.263 e. The van der Waals surface area contributed by atoms with Crippen molar-refractivity contribution in [2.45, 2.75) is 31.8 Å². The van der Waals surface area contributed by atoms with E-state index in [0.717, 1.165) is 50.5 Å². The van der Waals surface area contributed by atoms with Gasteiger partial charge in [-0.25, -0.2) is 29.9 Å². The molecule has 0 bridgehead atoms. The van der Waals surface area contributed by atoms with Crippen LogP contribution in [0.3, 0.4) is 0 Å². The van der Waals surface area contributed by atoms with Gasteiger partial charge < -0.3 is 29.8 Å². The van der Waals surface area contributed by atoms with Crippen LogP contribution in [0.4, 0.5) is 16.6 Å². The minimum absolute atomic E-state index is 0.149. The molecule has 0 amide bonds. The maximum absolute atomic E-state index is 13.2. The number of aliphatic hydroxyl groups is 1. The topological polar surface area (TPSA) is 177 Å². The number of hydrogen-bond donors (Lipinski definition) is 3. The largest absolute Gasteiger partial charge is 0.437 e. The molecule has 63 heavy (non-hydrogen) atoms. The molecule has 0 radical (unpaired) electrons. The number of fused-ring (bicyclic) bond motifs is 2. The average Bonchev–Trinajstić information content (AvgIpc) is 3.95. The zero-order valence-corrected chi connectivity index (χ0v) is 34.9. The van der Waals surface area contributed by atoms with Crippen molar-refractivity contribution in [3.63, 3.8) is 0 Å². The van der Waals surface area contributed by atoms with Crippen LogP contribution in [-0.2, 0) is 6.42 Å². The molecule has 6 heterocycles. The van der Waals surface area contributed by atoms with E-state index in [-0.39, 0.29) is 23.9 Å². The molecular weight excluding hydrogens is 813 g/mol. The summed E-state index contributed by atoms with van der Waals surface area (Å²) in [5.41, 5.74) is 4.53. The third-order valence-corrected chi connectivity index (χ3v) is 12.0. The molecular formula is C48H40N10O4S. The first-order valence-electron chi connectivity index (χ1n) is 20.5. The molecule has 2 unspecified atom stereocenters. The average molecular weight is 853 g/mol. The lowest BCUT2D eigenvalue weighted by molar-refractivity contribution is -0.00736. The quantitative estimate of drug-likeness (QED) is 0.0936. The van der Waals surface area contributed by atoms with Gasteiger partial charge in [0.2, 0.25) is 11.7 Å². The Morgan fingerprint density at radius 3 is 2.38 bits per heavy atom. The van der Waals surface area contributed by atoms with Gasteiger partial charge in [0.25, 0.3) is 5.88 Å². The smallest absolute Gasteiger partial charge is 0.263 e. The van der Waals surface area contributed by atoms with Crippen LogP contribution < -0.4 is 19.7 Å². The van der Waals surface area contributed by atoms with Gasteiger partial charge in [-0.3, -0.25) is 9.78 Å². The lowest BCUT2D eigenvalue weighted by Gasteiger charge is -2.41. The van der Waals surface area contributed by atoms with Crippen molar-refractivity contribution in [3.8, 4) is 34.5 Å². The Bertz CT molecular complexity index is 2980. The molecule has 14 nitrogen and oxygen atoms in total. The summed E-state index contributed by atoms with van der Waals surface area (Å²) in [6.45, 7) is 3.06. The van der Waals surface area contributed by atoms with Crippen molar-refractivity contribution in [1.29, 1.82) is 0 Å². The number of ketones is 1. The fourth-order valence-corrected chi connectivity index (χ4v) is 8.69. The maximum atomic E-state index is 13.2. The number of para-hydroxylation sites is 3. The van der Waals surface area contributed by atoms with Crippen LogP contribution in [0.15, 0.2) is 140 Å². The third kappa shape index (κ3) is 8.64. The Labute approximate surface area is 365 Å². The predicted molar refractivity (Wildman–Crippen MR) is 242 cm³/mol. The standard InChI is InChI=1S/C48H40N10O4S/c1-48(60,26-34-28-52-41(31-8-6-22-49-27-31)45(53-34)61-36-20-16-33(17-21-36)54-47-57-39-12-4-5-13-40(39)63-47)32-9-7-25-58(29-32)44-46(51-24-23-50-44)62-35-18-14-30(15-19-35)42(59)43-55-37-10-2-3-11-38(37)56-43/h2-6,8,10-24,27-28,32,60H,7,9,25-26,29H2,1H3,(H,54,57)(H,55,56). The number of thiazole rings is 1. The summed E-state index contributed by atoms with van der Waals surface area (Å²) in [5.74, 6) is 2.18. The zero-order valence-electron chi connectivity index (χ0n) is 34.0. The summed E-state index contributed by atoms with van der Waals surface area (Å²) in [6.07, 6.45) is 10.2. The van der Waals surface area contributed by atoms with E-state index in [4.69, 9.17) is 19.4 Å². The van der Waals surface area contributed by atoms with Gasteiger partial charge in [-0.15, -0.1) is 0 Å². The van der Waals surface area contributed by atoms with Gasteiger partial charge in [0.05, 0.1) is 32.5 Å². The highest BCUT2D eigenvalue weighted by atomic mass is 32.1. The molecule has 15 heteroatoms. The highest BCUT2D eigenvalue weighted by Crippen LogP contribution is 2.37. The van der Waals surface area contributed by atoms with Gasteiger partial charge >= 0.3 is 0 Å². The molecule has 0 aliphatic carbocycles. The summed E-state index contributed by atoms with van der Waals surface area (Å²) in [5, 5.41) is 16.4. The first-order valence-corrected chi connectivity index (χ1v) is 21.4. The number of ether oxygens (including phenoxy) is 2. The molecule has 1 fully saturated rings. The predicted octanol–water partition coefficient (Wildman–Crippen LogP) is 9.58. The van der Waals surface area contributed by atoms with Crippen molar-refractivity contribution in [1.82, 2.24) is 39.9 Å². The number of aromatic nitrogens is 8. The van der Waals surface area contributed by atoms with Crippen LogP contribution in [0.2, 0.25) is 0 Å². The zero-order chi connectivity index (χ0) is 42.8. The normalized spacial score (nSPS) is 15.0. The number of nitrogens with zero attached hydrogens (tertiary/aromatic N) is 8. The number of carbonyl (C=O) groups excluding carboxylic acids is 1. The minimum atomic E-state index is -1.17. The molecule has 4 aromatic carbocycles. The number of benzene rings is 4. The second kappa shape index (κ2) is 17.0. The van der Waals surface area contributed by atoms with Crippen molar-refractivity contribution >= 4 is 55.0 Å². The van der Waals surface area contributed by atoms with Crippen molar-refractivity contribution in [3.05, 3.63) is 157 Å². The van der Waals surface area contributed by atoms with Gasteiger partial charge in [0, 0.05) is 73.2 Å². The second-order valence-corrected chi connectivity index (χ2v) is 16.6. The third-order valence-electron chi connectivity index (χ3n) is 11.1. The number of imidazole rings is 1. The van der Waals surface area contributed by atoms with Gasteiger partial charge in [-0.1, -0.05) is 35.6 Å².